The molecule has 37 heavy (non-hydrogen) atoms. The Labute approximate surface area is 218 Å². The summed E-state index contributed by atoms with van der Waals surface area (Å²) in [6.07, 6.45) is 7.94. The van der Waals surface area contributed by atoms with E-state index in [0.717, 1.165) is 80.5 Å². The number of piperidine rings is 1. The molecule has 2 aliphatic rings. The molecule has 5 heterocycles. The van der Waals surface area contributed by atoms with E-state index in [1.807, 2.05) is 0 Å². The third-order valence-electron chi connectivity index (χ3n) is 7.71. The topological polar surface area (TPSA) is 87.9 Å². The Balaban J connectivity index is 1.25. The second-order valence-corrected chi connectivity index (χ2v) is 10.4. The van der Waals surface area contributed by atoms with Crippen molar-refractivity contribution < 1.29 is 4.39 Å². The zero-order valence-corrected chi connectivity index (χ0v) is 21.6. The molecule has 2 saturated heterocycles. The standard InChI is InChI=1S/C26H30ClFN8O/c1-33-22-23(32-26(33)37)29-16-30-25(22)35-10-6-17(7-11-35)24-31-21(18-4-5-20(28)19(27)14-18)15-36(24)13-12-34-8-2-3-9-34/h4-5,14-17H,2-3,6-13H2,1H3,(H,29,30,32,37). The number of likely N-dealkylation sites (tertiary alicyclic amines) is 1. The molecule has 0 spiro atoms. The highest BCUT2D eigenvalue weighted by molar-refractivity contribution is 6.31. The van der Waals surface area contributed by atoms with Gasteiger partial charge in [-0.2, -0.15) is 0 Å². The van der Waals surface area contributed by atoms with Crippen LogP contribution in [-0.2, 0) is 13.6 Å². The first kappa shape index (κ1) is 24.1. The summed E-state index contributed by atoms with van der Waals surface area (Å²) in [5, 5.41) is 0.106. The van der Waals surface area contributed by atoms with Gasteiger partial charge in [-0.15, -0.1) is 0 Å². The van der Waals surface area contributed by atoms with Crippen molar-refractivity contribution in [2.45, 2.75) is 38.1 Å². The van der Waals surface area contributed by atoms with Crippen molar-refractivity contribution in [1.82, 2.24) is 34.0 Å². The Morgan fingerprint density at radius 2 is 1.89 bits per heavy atom. The number of anilines is 1. The minimum absolute atomic E-state index is 0.106. The van der Waals surface area contributed by atoms with E-state index in [9.17, 15) is 9.18 Å². The van der Waals surface area contributed by atoms with Crippen LogP contribution >= 0.6 is 11.6 Å². The van der Waals surface area contributed by atoms with Gasteiger partial charge in [-0.1, -0.05) is 11.6 Å². The summed E-state index contributed by atoms with van der Waals surface area (Å²) in [5.74, 6) is 1.71. The predicted octanol–water partition coefficient (Wildman–Crippen LogP) is 3.79. The quantitative estimate of drug-likeness (QED) is 0.413. The van der Waals surface area contributed by atoms with E-state index in [2.05, 4.69) is 35.5 Å². The number of aromatic nitrogens is 6. The Morgan fingerprint density at radius 1 is 1.11 bits per heavy atom. The van der Waals surface area contributed by atoms with E-state index < -0.39 is 5.82 Å². The molecule has 9 nitrogen and oxygen atoms in total. The summed E-state index contributed by atoms with van der Waals surface area (Å²) in [5.41, 5.74) is 2.73. The lowest BCUT2D eigenvalue weighted by Gasteiger charge is -2.33. The summed E-state index contributed by atoms with van der Waals surface area (Å²) in [7, 11) is 1.74. The van der Waals surface area contributed by atoms with Gasteiger partial charge in [0.25, 0.3) is 0 Å². The van der Waals surface area contributed by atoms with Gasteiger partial charge in [-0.25, -0.2) is 24.1 Å². The van der Waals surface area contributed by atoms with Gasteiger partial charge in [0.2, 0.25) is 0 Å². The van der Waals surface area contributed by atoms with Crippen LogP contribution in [0.25, 0.3) is 22.4 Å². The second-order valence-electron chi connectivity index (χ2n) is 10.0. The summed E-state index contributed by atoms with van der Waals surface area (Å²) in [6.45, 7) is 5.76. The highest BCUT2D eigenvalue weighted by atomic mass is 35.5. The number of aryl methyl sites for hydroxylation is 1. The SMILES string of the molecule is Cn1c(=O)[nH]c2ncnc(N3CCC(c4nc(-c5ccc(F)c(Cl)c5)cn4CCN4CCCC4)CC3)c21. The van der Waals surface area contributed by atoms with E-state index >= 15 is 0 Å². The second kappa shape index (κ2) is 9.90. The molecular weight excluding hydrogens is 495 g/mol. The molecule has 0 atom stereocenters. The van der Waals surface area contributed by atoms with Gasteiger partial charge in [0, 0.05) is 50.9 Å². The minimum Gasteiger partial charge on any atom is -0.355 e. The molecule has 0 aliphatic carbocycles. The molecule has 2 fully saturated rings. The fraction of sp³-hybridized carbons (Fsp3) is 0.462. The van der Waals surface area contributed by atoms with E-state index in [-0.39, 0.29) is 16.6 Å². The molecule has 0 unspecified atom stereocenters. The van der Waals surface area contributed by atoms with E-state index in [4.69, 9.17) is 16.6 Å². The summed E-state index contributed by atoms with van der Waals surface area (Å²) >= 11 is 6.08. The van der Waals surface area contributed by atoms with E-state index in [1.54, 1.807) is 23.7 Å². The fourth-order valence-electron chi connectivity index (χ4n) is 5.62. The third kappa shape index (κ3) is 4.64. The summed E-state index contributed by atoms with van der Waals surface area (Å²) < 4.78 is 17.6. The zero-order chi connectivity index (χ0) is 25.5. The van der Waals surface area contributed by atoms with E-state index in [1.165, 1.54) is 25.2 Å². The first-order chi connectivity index (χ1) is 18.0. The predicted molar refractivity (Wildman–Crippen MR) is 142 cm³/mol. The highest BCUT2D eigenvalue weighted by Crippen LogP contribution is 2.33. The number of hydrogen-bond donors (Lipinski definition) is 1. The van der Waals surface area contributed by atoms with Crippen LogP contribution in [0.4, 0.5) is 10.2 Å². The van der Waals surface area contributed by atoms with Crippen LogP contribution < -0.4 is 10.6 Å². The normalized spacial score (nSPS) is 17.3. The van der Waals surface area contributed by atoms with Crippen molar-refractivity contribution >= 4 is 28.6 Å². The largest absolute Gasteiger partial charge is 0.355 e. The van der Waals surface area contributed by atoms with Crippen LogP contribution in [0.5, 0.6) is 0 Å². The maximum absolute atomic E-state index is 13.8. The summed E-state index contributed by atoms with van der Waals surface area (Å²) in [4.78, 5) is 33.5. The van der Waals surface area contributed by atoms with Crippen molar-refractivity contribution in [3.8, 4) is 11.3 Å². The van der Waals surface area contributed by atoms with Crippen LogP contribution in [0, 0.1) is 5.82 Å². The number of imidazole rings is 2. The van der Waals surface area contributed by atoms with Crippen molar-refractivity contribution in [1.29, 1.82) is 0 Å². The van der Waals surface area contributed by atoms with Crippen molar-refractivity contribution in [2.75, 3.05) is 37.6 Å². The van der Waals surface area contributed by atoms with Gasteiger partial charge in [0.05, 0.1) is 10.7 Å². The van der Waals surface area contributed by atoms with Crippen LogP contribution in [0.3, 0.4) is 0 Å². The monoisotopic (exact) mass is 524 g/mol. The maximum Gasteiger partial charge on any atom is 0.327 e. The molecule has 1 N–H and O–H groups in total. The minimum atomic E-state index is -0.426. The number of nitrogens with one attached hydrogen (secondary N) is 1. The molecule has 6 rings (SSSR count). The zero-order valence-electron chi connectivity index (χ0n) is 20.8. The smallest absolute Gasteiger partial charge is 0.327 e. The molecule has 1 aromatic carbocycles. The number of benzene rings is 1. The number of rotatable bonds is 6. The molecule has 0 saturated carbocycles. The van der Waals surface area contributed by atoms with Gasteiger partial charge >= 0.3 is 5.69 Å². The number of aromatic amines is 1. The Morgan fingerprint density at radius 3 is 2.65 bits per heavy atom. The molecule has 4 aromatic rings. The average molecular weight is 525 g/mol. The average Bonchev–Trinajstić information content (AvgIpc) is 3.64. The number of hydrogen-bond acceptors (Lipinski definition) is 6. The molecule has 3 aromatic heterocycles. The molecule has 11 heteroatoms. The first-order valence-corrected chi connectivity index (χ1v) is 13.2. The van der Waals surface area contributed by atoms with Crippen LogP contribution in [0.2, 0.25) is 5.02 Å². The van der Waals surface area contributed by atoms with E-state index in [0.29, 0.717) is 5.65 Å². The molecule has 2 aliphatic heterocycles. The van der Waals surface area contributed by atoms with Gasteiger partial charge in [0.15, 0.2) is 11.5 Å². The number of nitrogens with zero attached hydrogens (tertiary/aromatic N) is 7. The lowest BCUT2D eigenvalue weighted by Crippen LogP contribution is -2.35. The molecule has 0 radical (unpaired) electrons. The maximum atomic E-state index is 13.8. The highest BCUT2D eigenvalue weighted by Gasteiger charge is 2.28. The molecular formula is C26H30ClFN8O. The van der Waals surface area contributed by atoms with Crippen LogP contribution in [0.15, 0.2) is 35.5 Å². The number of halogens is 2. The van der Waals surface area contributed by atoms with Gasteiger partial charge < -0.3 is 14.4 Å². The van der Waals surface area contributed by atoms with Gasteiger partial charge in [0.1, 0.15) is 23.5 Å². The van der Waals surface area contributed by atoms with Crippen LogP contribution in [-0.4, -0.2) is 66.7 Å². The molecule has 0 amide bonds. The molecule has 194 valence electrons. The number of H-pyrrole nitrogens is 1. The van der Waals surface area contributed by atoms with Crippen molar-refractivity contribution in [2.24, 2.45) is 7.05 Å². The lowest BCUT2D eigenvalue weighted by atomic mass is 9.95. The first-order valence-electron chi connectivity index (χ1n) is 12.9. The fourth-order valence-corrected chi connectivity index (χ4v) is 5.80. The summed E-state index contributed by atoms with van der Waals surface area (Å²) in [6, 6.07) is 4.79. The van der Waals surface area contributed by atoms with Gasteiger partial charge in [-0.05, 0) is 57.0 Å². The van der Waals surface area contributed by atoms with Crippen molar-refractivity contribution in [3.05, 3.63) is 57.9 Å². The Hall–Kier alpha value is -3.24. The van der Waals surface area contributed by atoms with Gasteiger partial charge in [-0.3, -0.25) is 9.55 Å². The lowest BCUT2D eigenvalue weighted by molar-refractivity contribution is 0.317. The third-order valence-corrected chi connectivity index (χ3v) is 8.00. The Bertz CT molecular complexity index is 1480. The molecule has 0 bridgehead atoms. The Kier molecular flexibility index (Phi) is 6.46. The van der Waals surface area contributed by atoms with Crippen LogP contribution in [0.1, 0.15) is 37.4 Å². The number of fused-ring (bicyclic) bond motifs is 1. The van der Waals surface area contributed by atoms with Crippen molar-refractivity contribution in [3.63, 3.8) is 0 Å².